The van der Waals surface area contributed by atoms with Gasteiger partial charge in [-0.2, -0.15) is 8.42 Å². The first-order chi connectivity index (χ1) is 12.0. The summed E-state index contributed by atoms with van der Waals surface area (Å²) in [5.74, 6) is 0. The van der Waals surface area contributed by atoms with Gasteiger partial charge < -0.3 is 0 Å². The highest BCUT2D eigenvalue weighted by atomic mass is 32.2. The highest BCUT2D eigenvalue weighted by Gasteiger charge is 2.31. The van der Waals surface area contributed by atoms with E-state index in [0.29, 0.717) is 12.1 Å². The first kappa shape index (κ1) is 18.0. The molecule has 0 aromatic heterocycles. The molecule has 0 spiro atoms. The van der Waals surface area contributed by atoms with Crippen molar-refractivity contribution in [3.63, 3.8) is 0 Å². The topological polar surface area (TPSA) is 57.6 Å². The van der Waals surface area contributed by atoms with Crippen molar-refractivity contribution in [2.45, 2.75) is 51.5 Å². The molecule has 0 radical (unpaired) electrons. The molecule has 0 heterocycles. The van der Waals surface area contributed by atoms with Crippen LogP contribution in [0.15, 0.2) is 48.5 Å². The normalized spacial score (nSPS) is 15.9. The van der Waals surface area contributed by atoms with Gasteiger partial charge in [0.1, 0.15) is 0 Å². The predicted molar refractivity (Wildman–Crippen MR) is 101 cm³/mol. The van der Waals surface area contributed by atoms with Crippen LogP contribution in [-0.4, -0.2) is 19.0 Å². The van der Waals surface area contributed by atoms with Gasteiger partial charge in [-0.15, -0.1) is 0 Å². The van der Waals surface area contributed by atoms with E-state index in [-0.39, 0.29) is 6.04 Å². The van der Waals surface area contributed by atoms with Gasteiger partial charge in [-0.1, -0.05) is 61.7 Å². The number of anilines is 1. The number of rotatable bonds is 5. The van der Waals surface area contributed by atoms with E-state index in [1.54, 1.807) is 0 Å². The molecule has 0 aliphatic heterocycles. The van der Waals surface area contributed by atoms with Gasteiger partial charge in [-0.3, -0.25) is 4.55 Å². The third-order valence-electron chi connectivity index (χ3n) is 5.00. The lowest BCUT2D eigenvalue weighted by molar-refractivity contribution is 0.415. The maximum Gasteiger partial charge on any atom is 0.360 e. The molecule has 0 saturated heterocycles. The second-order valence-corrected chi connectivity index (χ2v) is 8.09. The molecule has 25 heavy (non-hydrogen) atoms. The van der Waals surface area contributed by atoms with Crippen LogP contribution in [0.3, 0.4) is 0 Å². The van der Waals surface area contributed by atoms with E-state index in [2.05, 4.69) is 0 Å². The summed E-state index contributed by atoms with van der Waals surface area (Å²) in [5.41, 5.74) is 3.72. The predicted octanol–water partition coefficient (Wildman–Crippen LogP) is 4.53. The number of hydrogen-bond acceptors (Lipinski definition) is 2. The van der Waals surface area contributed by atoms with Crippen LogP contribution in [0.2, 0.25) is 0 Å². The highest BCUT2D eigenvalue weighted by molar-refractivity contribution is 7.87. The molecule has 0 bridgehead atoms. The third-order valence-corrected chi connectivity index (χ3v) is 5.99. The van der Waals surface area contributed by atoms with Crippen LogP contribution >= 0.6 is 0 Å². The summed E-state index contributed by atoms with van der Waals surface area (Å²) in [7, 11) is -4.32. The van der Waals surface area contributed by atoms with Crippen molar-refractivity contribution in [1.82, 2.24) is 0 Å². The van der Waals surface area contributed by atoms with Gasteiger partial charge in [0.05, 0.1) is 5.69 Å². The summed E-state index contributed by atoms with van der Waals surface area (Å²) in [4.78, 5) is 0. The second-order valence-electron chi connectivity index (χ2n) is 6.80. The lowest BCUT2D eigenvalue weighted by Gasteiger charge is -2.34. The Morgan fingerprint density at radius 3 is 2.32 bits per heavy atom. The maximum absolute atomic E-state index is 12.2. The number of benzene rings is 2. The fourth-order valence-electron chi connectivity index (χ4n) is 3.75. The third kappa shape index (κ3) is 4.22. The van der Waals surface area contributed by atoms with Crippen molar-refractivity contribution < 1.29 is 13.0 Å². The minimum atomic E-state index is -4.32. The maximum atomic E-state index is 12.2. The molecule has 4 nitrogen and oxygen atoms in total. The fraction of sp³-hybridized carbons (Fsp3) is 0.400. The molecule has 1 fully saturated rings. The lowest BCUT2D eigenvalue weighted by Crippen LogP contribution is -2.41. The van der Waals surface area contributed by atoms with Gasteiger partial charge in [-0.25, -0.2) is 4.31 Å². The minimum absolute atomic E-state index is 0.167. The zero-order valence-electron chi connectivity index (χ0n) is 14.6. The van der Waals surface area contributed by atoms with Crippen molar-refractivity contribution in [2.24, 2.45) is 0 Å². The van der Waals surface area contributed by atoms with Crippen LogP contribution in [0, 0.1) is 6.92 Å². The van der Waals surface area contributed by atoms with E-state index in [1.807, 2.05) is 55.5 Å². The van der Waals surface area contributed by atoms with Crippen LogP contribution in [0.25, 0.3) is 0 Å². The van der Waals surface area contributed by atoms with Gasteiger partial charge in [-0.05, 0) is 48.9 Å². The average Bonchev–Trinajstić information content (AvgIpc) is 2.59. The van der Waals surface area contributed by atoms with Crippen molar-refractivity contribution in [3.05, 3.63) is 65.2 Å². The Kier molecular flexibility index (Phi) is 5.45. The van der Waals surface area contributed by atoms with Gasteiger partial charge in [0.15, 0.2) is 0 Å². The Hall–Kier alpha value is -1.85. The van der Waals surface area contributed by atoms with E-state index in [1.165, 1.54) is 4.31 Å². The molecule has 1 aliphatic carbocycles. The standard InChI is InChI=1S/C20H25NO3S/c1-16-9-8-14-20(19(16)15-17-10-4-2-5-11-17)21(25(22,23)24)18-12-6-3-7-13-18/h2,4-5,8-11,14,18H,3,6-7,12-13,15H2,1H3,(H,22,23,24). The van der Waals surface area contributed by atoms with Crippen LogP contribution in [0.5, 0.6) is 0 Å². The smallest absolute Gasteiger partial charge is 0.269 e. The summed E-state index contributed by atoms with van der Waals surface area (Å²) < 4.78 is 35.7. The van der Waals surface area contributed by atoms with Gasteiger partial charge in [0, 0.05) is 6.04 Å². The van der Waals surface area contributed by atoms with E-state index in [0.717, 1.165) is 48.8 Å². The van der Waals surface area contributed by atoms with Crippen molar-refractivity contribution in [3.8, 4) is 0 Å². The Morgan fingerprint density at radius 1 is 1.00 bits per heavy atom. The first-order valence-corrected chi connectivity index (χ1v) is 10.3. The molecule has 2 aromatic carbocycles. The lowest BCUT2D eigenvalue weighted by atomic mass is 9.93. The quantitative estimate of drug-likeness (QED) is 0.798. The molecule has 3 rings (SSSR count). The zero-order chi connectivity index (χ0) is 17.9. The second kappa shape index (κ2) is 7.58. The minimum Gasteiger partial charge on any atom is -0.269 e. The molecule has 2 aromatic rings. The van der Waals surface area contributed by atoms with Gasteiger partial charge in [0.25, 0.3) is 0 Å². The molecule has 1 saturated carbocycles. The summed E-state index contributed by atoms with van der Waals surface area (Å²) >= 11 is 0. The first-order valence-electron chi connectivity index (χ1n) is 8.86. The summed E-state index contributed by atoms with van der Waals surface area (Å²) in [6.45, 7) is 1.99. The molecule has 134 valence electrons. The van der Waals surface area contributed by atoms with Crippen LogP contribution in [-0.2, 0) is 16.7 Å². The molecular formula is C20H25NO3S. The average molecular weight is 359 g/mol. The zero-order valence-corrected chi connectivity index (χ0v) is 15.4. The SMILES string of the molecule is Cc1cccc(N(C2CCCCC2)S(=O)(=O)O)c1Cc1ccccc1. The largest absolute Gasteiger partial charge is 0.360 e. The molecule has 0 unspecified atom stereocenters. The highest BCUT2D eigenvalue weighted by Crippen LogP contribution is 2.34. The van der Waals surface area contributed by atoms with Crippen molar-refractivity contribution in [2.75, 3.05) is 4.31 Å². The van der Waals surface area contributed by atoms with Crippen LogP contribution < -0.4 is 4.31 Å². The Morgan fingerprint density at radius 2 is 1.68 bits per heavy atom. The molecule has 1 aliphatic rings. The van der Waals surface area contributed by atoms with Crippen LogP contribution in [0.1, 0.15) is 48.8 Å². The van der Waals surface area contributed by atoms with Gasteiger partial charge >= 0.3 is 10.3 Å². The number of aryl methyl sites for hydroxylation is 1. The Bertz CT molecular complexity index is 812. The number of hydrogen-bond donors (Lipinski definition) is 1. The van der Waals surface area contributed by atoms with Crippen LogP contribution in [0.4, 0.5) is 5.69 Å². The molecule has 5 heteroatoms. The molecule has 0 atom stereocenters. The van der Waals surface area contributed by atoms with E-state index in [9.17, 15) is 13.0 Å². The molecule has 0 amide bonds. The fourth-order valence-corrected chi connectivity index (χ4v) is 4.76. The van der Waals surface area contributed by atoms with Gasteiger partial charge in [0.2, 0.25) is 0 Å². The number of nitrogens with zero attached hydrogens (tertiary/aromatic N) is 1. The Balaban J connectivity index is 2.05. The van der Waals surface area contributed by atoms with E-state index < -0.39 is 10.3 Å². The molecular weight excluding hydrogens is 334 g/mol. The van der Waals surface area contributed by atoms with Crippen molar-refractivity contribution in [1.29, 1.82) is 0 Å². The summed E-state index contributed by atoms with van der Waals surface area (Å²) in [6, 6.07) is 15.5. The molecule has 1 N–H and O–H groups in total. The van der Waals surface area contributed by atoms with E-state index >= 15 is 0 Å². The Labute approximate surface area is 150 Å². The van der Waals surface area contributed by atoms with Crippen molar-refractivity contribution >= 4 is 16.0 Å². The summed E-state index contributed by atoms with van der Waals surface area (Å²) in [5, 5.41) is 0. The summed E-state index contributed by atoms with van der Waals surface area (Å²) in [6.07, 6.45) is 5.34. The monoisotopic (exact) mass is 359 g/mol. The van der Waals surface area contributed by atoms with E-state index in [4.69, 9.17) is 0 Å².